The van der Waals surface area contributed by atoms with Crippen LogP contribution in [0, 0.1) is 6.92 Å². The van der Waals surface area contributed by atoms with E-state index in [0.29, 0.717) is 34.4 Å². The van der Waals surface area contributed by atoms with Crippen LogP contribution in [0.2, 0.25) is 5.02 Å². The molecule has 7 nitrogen and oxygen atoms in total. The van der Waals surface area contributed by atoms with E-state index in [1.165, 1.54) is 11.3 Å². The lowest BCUT2D eigenvalue weighted by Gasteiger charge is -2.08. The highest BCUT2D eigenvalue weighted by atomic mass is 35.5. The van der Waals surface area contributed by atoms with Crippen molar-refractivity contribution in [1.82, 2.24) is 10.3 Å². The summed E-state index contributed by atoms with van der Waals surface area (Å²) in [7, 11) is 0. The zero-order valence-electron chi connectivity index (χ0n) is 14.0. The van der Waals surface area contributed by atoms with Gasteiger partial charge in [-0.1, -0.05) is 17.7 Å². The summed E-state index contributed by atoms with van der Waals surface area (Å²) >= 11 is 7.18. The topological polar surface area (TPSA) is 100 Å². The molecule has 1 aliphatic rings. The Bertz CT molecular complexity index is 867. The second-order valence-electron chi connectivity index (χ2n) is 5.98. The van der Waals surface area contributed by atoms with Crippen LogP contribution in [0.25, 0.3) is 0 Å². The number of rotatable bonds is 5. The molecular formula is C17H17ClN4O3S. The first-order chi connectivity index (χ1) is 12.4. The van der Waals surface area contributed by atoms with Gasteiger partial charge in [0.1, 0.15) is 6.04 Å². The molecule has 1 atom stereocenters. The van der Waals surface area contributed by atoms with Gasteiger partial charge in [-0.15, -0.1) is 11.3 Å². The van der Waals surface area contributed by atoms with E-state index in [1.807, 2.05) is 13.0 Å². The molecule has 1 saturated heterocycles. The van der Waals surface area contributed by atoms with Crippen LogP contribution in [-0.2, 0) is 20.8 Å². The second kappa shape index (κ2) is 7.84. The summed E-state index contributed by atoms with van der Waals surface area (Å²) in [5.74, 6) is -0.643. The number of carbonyl (C=O) groups excluding carboxylic acids is 3. The molecule has 0 radical (unpaired) electrons. The molecule has 2 heterocycles. The van der Waals surface area contributed by atoms with E-state index in [0.717, 1.165) is 5.56 Å². The summed E-state index contributed by atoms with van der Waals surface area (Å²) in [6.45, 7) is 1.88. The summed E-state index contributed by atoms with van der Waals surface area (Å²) in [5.41, 5.74) is 2.12. The molecule has 136 valence electrons. The van der Waals surface area contributed by atoms with Gasteiger partial charge in [0.15, 0.2) is 5.13 Å². The predicted molar refractivity (Wildman–Crippen MR) is 100 cm³/mol. The average Bonchev–Trinajstić information content (AvgIpc) is 3.20. The average molecular weight is 393 g/mol. The lowest BCUT2D eigenvalue weighted by Crippen LogP contribution is -2.37. The number of hydrogen-bond acceptors (Lipinski definition) is 5. The van der Waals surface area contributed by atoms with E-state index in [-0.39, 0.29) is 24.1 Å². The number of aryl methyl sites for hydroxylation is 1. The highest BCUT2D eigenvalue weighted by Gasteiger charge is 2.27. The largest absolute Gasteiger partial charge is 0.344 e. The third-order valence-corrected chi connectivity index (χ3v) is 4.95. The van der Waals surface area contributed by atoms with Gasteiger partial charge in [0, 0.05) is 22.5 Å². The van der Waals surface area contributed by atoms with Crippen molar-refractivity contribution in [3.05, 3.63) is 39.9 Å². The molecule has 1 aliphatic heterocycles. The summed E-state index contributed by atoms with van der Waals surface area (Å²) < 4.78 is 0. The van der Waals surface area contributed by atoms with Crippen molar-refractivity contribution >= 4 is 51.5 Å². The Kier molecular flexibility index (Phi) is 5.53. The van der Waals surface area contributed by atoms with Crippen LogP contribution in [0.4, 0.5) is 10.8 Å². The van der Waals surface area contributed by atoms with Crippen molar-refractivity contribution in [1.29, 1.82) is 0 Å². The van der Waals surface area contributed by atoms with Crippen molar-refractivity contribution in [2.24, 2.45) is 0 Å². The number of nitrogens with one attached hydrogen (secondary N) is 3. The fraction of sp³-hybridized carbons (Fsp3) is 0.294. The van der Waals surface area contributed by atoms with Crippen LogP contribution in [0.3, 0.4) is 0 Å². The van der Waals surface area contributed by atoms with Crippen LogP contribution in [0.15, 0.2) is 23.6 Å². The minimum atomic E-state index is -0.524. The van der Waals surface area contributed by atoms with Gasteiger partial charge in [0.2, 0.25) is 17.7 Å². The summed E-state index contributed by atoms with van der Waals surface area (Å²) in [6, 6.07) is 4.76. The van der Waals surface area contributed by atoms with Crippen LogP contribution >= 0.6 is 22.9 Å². The molecular weight excluding hydrogens is 376 g/mol. The third-order valence-electron chi connectivity index (χ3n) is 3.91. The molecule has 0 saturated carbocycles. The van der Waals surface area contributed by atoms with Gasteiger partial charge >= 0.3 is 0 Å². The molecule has 1 aromatic heterocycles. The molecule has 0 unspecified atom stereocenters. The minimum Gasteiger partial charge on any atom is -0.344 e. The Morgan fingerprint density at radius 2 is 2.19 bits per heavy atom. The van der Waals surface area contributed by atoms with Gasteiger partial charge in [-0.05, 0) is 31.0 Å². The molecule has 0 aliphatic carbocycles. The third kappa shape index (κ3) is 4.59. The number of thiazole rings is 1. The van der Waals surface area contributed by atoms with Gasteiger partial charge in [-0.3, -0.25) is 14.4 Å². The van der Waals surface area contributed by atoms with Gasteiger partial charge < -0.3 is 16.0 Å². The molecule has 0 spiro atoms. The number of hydrogen-bond donors (Lipinski definition) is 3. The highest BCUT2D eigenvalue weighted by molar-refractivity contribution is 7.13. The van der Waals surface area contributed by atoms with E-state index in [9.17, 15) is 14.4 Å². The van der Waals surface area contributed by atoms with E-state index in [1.54, 1.807) is 17.5 Å². The van der Waals surface area contributed by atoms with Crippen LogP contribution in [-0.4, -0.2) is 28.7 Å². The summed E-state index contributed by atoms with van der Waals surface area (Å²) in [5, 5.41) is 10.7. The molecule has 2 aromatic rings. The standard InChI is InChI=1S/C17H17ClN4O3S/c1-9-2-3-10(18)6-13(9)21-15(24)7-11-8-26-17(19-11)22-16(25)12-4-5-14(23)20-12/h2-3,6,8,12H,4-5,7H2,1H3,(H,20,23)(H,21,24)(H,19,22,25)/t12-/m0/s1. The molecule has 3 amide bonds. The van der Waals surface area contributed by atoms with Gasteiger partial charge in [0.05, 0.1) is 12.1 Å². The smallest absolute Gasteiger partial charge is 0.248 e. The van der Waals surface area contributed by atoms with E-state index in [2.05, 4.69) is 20.9 Å². The van der Waals surface area contributed by atoms with Crippen molar-refractivity contribution in [3.63, 3.8) is 0 Å². The number of amides is 3. The van der Waals surface area contributed by atoms with Crippen LogP contribution in [0.1, 0.15) is 24.1 Å². The highest BCUT2D eigenvalue weighted by Crippen LogP contribution is 2.21. The lowest BCUT2D eigenvalue weighted by molar-refractivity contribution is -0.122. The maximum Gasteiger partial charge on any atom is 0.248 e. The molecule has 3 N–H and O–H groups in total. The van der Waals surface area contributed by atoms with Crippen molar-refractivity contribution < 1.29 is 14.4 Å². The Hall–Kier alpha value is -2.45. The minimum absolute atomic E-state index is 0.0818. The molecule has 1 fully saturated rings. The van der Waals surface area contributed by atoms with Gasteiger partial charge in [0.25, 0.3) is 0 Å². The van der Waals surface area contributed by atoms with Gasteiger partial charge in [-0.25, -0.2) is 4.98 Å². The zero-order valence-corrected chi connectivity index (χ0v) is 15.5. The number of aromatic nitrogens is 1. The fourth-order valence-corrected chi connectivity index (χ4v) is 3.42. The predicted octanol–water partition coefficient (Wildman–Crippen LogP) is 2.50. The Balaban J connectivity index is 1.56. The van der Waals surface area contributed by atoms with Crippen molar-refractivity contribution in [2.45, 2.75) is 32.2 Å². The Morgan fingerprint density at radius 1 is 1.38 bits per heavy atom. The van der Waals surface area contributed by atoms with E-state index in [4.69, 9.17) is 11.6 Å². The normalized spacial score (nSPS) is 16.2. The summed E-state index contributed by atoms with van der Waals surface area (Å²) in [4.78, 5) is 39.7. The molecule has 1 aromatic carbocycles. The number of nitrogens with zero attached hydrogens (tertiary/aromatic N) is 1. The molecule has 26 heavy (non-hydrogen) atoms. The maximum absolute atomic E-state index is 12.2. The first-order valence-corrected chi connectivity index (χ1v) is 9.27. The summed E-state index contributed by atoms with van der Waals surface area (Å²) in [6.07, 6.45) is 0.910. The number of anilines is 2. The van der Waals surface area contributed by atoms with Gasteiger partial charge in [-0.2, -0.15) is 0 Å². The first-order valence-electron chi connectivity index (χ1n) is 8.01. The number of carbonyl (C=O) groups is 3. The molecule has 0 bridgehead atoms. The molecule has 9 heteroatoms. The molecule has 3 rings (SSSR count). The fourth-order valence-electron chi connectivity index (χ4n) is 2.54. The maximum atomic E-state index is 12.2. The SMILES string of the molecule is Cc1ccc(Cl)cc1NC(=O)Cc1csc(NC(=O)[C@@H]2CCC(=O)N2)n1. The monoisotopic (exact) mass is 392 g/mol. The van der Waals surface area contributed by atoms with E-state index >= 15 is 0 Å². The van der Waals surface area contributed by atoms with E-state index < -0.39 is 6.04 Å². The first kappa shape index (κ1) is 18.3. The zero-order chi connectivity index (χ0) is 18.7. The van der Waals surface area contributed by atoms with Crippen molar-refractivity contribution in [3.8, 4) is 0 Å². The Morgan fingerprint density at radius 3 is 2.92 bits per heavy atom. The van der Waals surface area contributed by atoms with Crippen LogP contribution < -0.4 is 16.0 Å². The Labute approximate surface area is 159 Å². The second-order valence-corrected chi connectivity index (χ2v) is 7.27. The number of benzene rings is 1. The number of halogens is 1. The quantitative estimate of drug-likeness (QED) is 0.727. The van der Waals surface area contributed by atoms with Crippen LogP contribution in [0.5, 0.6) is 0 Å². The van der Waals surface area contributed by atoms with Crippen molar-refractivity contribution in [2.75, 3.05) is 10.6 Å². The lowest BCUT2D eigenvalue weighted by atomic mass is 10.2.